The predicted molar refractivity (Wildman–Crippen MR) is 138 cm³/mol. The molecule has 3 N–H and O–H groups in total. The maximum atomic E-state index is 14.2. The molecular formula is C27H26FN3O5S. The molecule has 37 heavy (non-hydrogen) atoms. The molecule has 0 unspecified atom stereocenters. The largest absolute Gasteiger partial charge is 0.495 e. The lowest BCUT2D eigenvalue weighted by molar-refractivity contribution is -0.120. The summed E-state index contributed by atoms with van der Waals surface area (Å²) in [6.45, 7) is 2.14. The van der Waals surface area contributed by atoms with Crippen molar-refractivity contribution < 1.29 is 27.1 Å². The molecule has 0 bridgehead atoms. The number of allylic oxidation sites excluding steroid dienone is 2. The second kappa shape index (κ2) is 10.5. The van der Waals surface area contributed by atoms with Crippen LogP contribution in [0.2, 0.25) is 0 Å². The van der Waals surface area contributed by atoms with Gasteiger partial charge in [0.1, 0.15) is 17.3 Å². The lowest BCUT2D eigenvalue weighted by Gasteiger charge is -2.13. The van der Waals surface area contributed by atoms with Gasteiger partial charge in [0, 0.05) is 6.20 Å². The van der Waals surface area contributed by atoms with Gasteiger partial charge in [-0.05, 0) is 82.8 Å². The topological polar surface area (TPSA) is 121 Å². The van der Waals surface area contributed by atoms with Crippen LogP contribution in [-0.4, -0.2) is 33.5 Å². The van der Waals surface area contributed by atoms with Gasteiger partial charge in [0.15, 0.2) is 4.90 Å². The molecule has 1 amide bonds. The van der Waals surface area contributed by atoms with Gasteiger partial charge >= 0.3 is 0 Å². The number of rotatable bonds is 8. The first kappa shape index (κ1) is 26.1. The Kier molecular flexibility index (Phi) is 7.42. The van der Waals surface area contributed by atoms with Crippen LogP contribution in [0, 0.1) is 5.82 Å². The molecule has 1 heterocycles. The number of amides is 1. The first-order valence-electron chi connectivity index (χ1n) is 11.3. The van der Waals surface area contributed by atoms with Crippen molar-refractivity contribution in [3.63, 3.8) is 0 Å². The summed E-state index contributed by atoms with van der Waals surface area (Å²) in [6.07, 6.45) is 3.51. The van der Waals surface area contributed by atoms with E-state index < -0.39 is 15.8 Å². The fourth-order valence-electron chi connectivity index (χ4n) is 4.33. The molecule has 0 saturated carbocycles. The monoisotopic (exact) mass is 523 g/mol. The van der Waals surface area contributed by atoms with E-state index in [1.807, 2.05) is 25.1 Å². The standard InChI is InChI=1S/C27H26FN3O5S/c1-16-21(10-17-11-24(35-2)27(37(29,33)34)25(12-17)36-3)20-8-7-18(28)13-23(20)22(16)14-26(32)31-15-19-6-4-5-9-30-19/h4-13H,14-15H2,1-3H3,(H,31,32)(H2,29,33,34). The number of halogens is 1. The lowest BCUT2D eigenvalue weighted by Crippen LogP contribution is -2.23. The van der Waals surface area contributed by atoms with Gasteiger partial charge in [-0.25, -0.2) is 17.9 Å². The molecule has 4 rings (SSSR count). The number of nitrogens with one attached hydrogen (secondary N) is 1. The van der Waals surface area contributed by atoms with Gasteiger partial charge < -0.3 is 14.8 Å². The summed E-state index contributed by atoms with van der Waals surface area (Å²) < 4.78 is 49.0. The Balaban J connectivity index is 1.73. The summed E-state index contributed by atoms with van der Waals surface area (Å²) in [7, 11) is -1.45. The van der Waals surface area contributed by atoms with E-state index in [1.165, 1.54) is 38.5 Å². The summed E-state index contributed by atoms with van der Waals surface area (Å²) >= 11 is 0. The number of sulfonamides is 1. The highest BCUT2D eigenvalue weighted by Crippen LogP contribution is 2.44. The minimum absolute atomic E-state index is 0.0294. The van der Waals surface area contributed by atoms with Crippen LogP contribution in [0.15, 0.2) is 65.2 Å². The molecule has 0 fully saturated rings. The van der Waals surface area contributed by atoms with Crippen molar-refractivity contribution in [2.45, 2.75) is 24.8 Å². The molecule has 0 saturated heterocycles. The molecule has 1 aromatic heterocycles. The van der Waals surface area contributed by atoms with Crippen LogP contribution in [-0.2, 0) is 21.4 Å². The van der Waals surface area contributed by atoms with Gasteiger partial charge in [-0.2, -0.15) is 0 Å². The maximum absolute atomic E-state index is 14.2. The van der Waals surface area contributed by atoms with Crippen molar-refractivity contribution in [2.24, 2.45) is 5.14 Å². The van der Waals surface area contributed by atoms with Crippen LogP contribution in [0.25, 0.3) is 17.2 Å². The van der Waals surface area contributed by atoms with Gasteiger partial charge in [0.05, 0.1) is 32.9 Å². The number of nitrogens with zero attached hydrogens (tertiary/aromatic N) is 1. The number of carbonyl (C=O) groups is 1. The third-order valence-corrected chi connectivity index (χ3v) is 7.03. The minimum atomic E-state index is -4.11. The molecule has 0 aliphatic heterocycles. The Morgan fingerprint density at radius 1 is 1.08 bits per heavy atom. The van der Waals surface area contributed by atoms with Crippen LogP contribution < -0.4 is 19.9 Å². The Bertz CT molecular complexity index is 1510. The molecule has 3 aromatic rings. The smallest absolute Gasteiger partial charge is 0.245 e. The van der Waals surface area contributed by atoms with Gasteiger partial charge in [-0.3, -0.25) is 9.78 Å². The zero-order valence-corrected chi connectivity index (χ0v) is 21.4. The fraction of sp³-hybridized carbons (Fsp3) is 0.185. The van der Waals surface area contributed by atoms with Crippen molar-refractivity contribution in [3.05, 3.63) is 88.5 Å². The van der Waals surface area contributed by atoms with Crippen molar-refractivity contribution in [2.75, 3.05) is 14.2 Å². The van der Waals surface area contributed by atoms with Gasteiger partial charge in [0.25, 0.3) is 0 Å². The number of primary sulfonamides is 1. The summed E-state index contributed by atoms with van der Waals surface area (Å²) in [5.74, 6) is -0.582. The highest BCUT2D eigenvalue weighted by Gasteiger charge is 2.27. The molecule has 2 aromatic carbocycles. The third-order valence-electron chi connectivity index (χ3n) is 6.06. The third kappa shape index (κ3) is 5.55. The van der Waals surface area contributed by atoms with Gasteiger partial charge in [0.2, 0.25) is 15.9 Å². The average Bonchev–Trinajstić information content (AvgIpc) is 3.11. The number of methoxy groups -OCH3 is 2. The van der Waals surface area contributed by atoms with E-state index in [2.05, 4.69) is 10.3 Å². The Labute approximate surface area is 214 Å². The van der Waals surface area contributed by atoms with Crippen LogP contribution >= 0.6 is 0 Å². The number of hydrogen-bond acceptors (Lipinski definition) is 6. The summed E-state index contributed by atoms with van der Waals surface area (Å²) in [5, 5.41) is 8.22. The molecule has 0 spiro atoms. The van der Waals surface area contributed by atoms with Crippen molar-refractivity contribution in [1.82, 2.24) is 10.3 Å². The SMILES string of the molecule is COc1cc(C=C2C(C)=C(CC(=O)NCc3ccccn3)c3cc(F)ccc32)cc(OC)c1S(N)(=O)=O. The Morgan fingerprint density at radius 3 is 2.38 bits per heavy atom. The van der Waals surface area contributed by atoms with E-state index in [9.17, 15) is 17.6 Å². The molecule has 8 nitrogen and oxygen atoms in total. The van der Waals surface area contributed by atoms with Crippen molar-refractivity contribution >= 4 is 33.2 Å². The lowest BCUT2D eigenvalue weighted by atomic mass is 10.0. The summed E-state index contributed by atoms with van der Waals surface area (Å²) in [4.78, 5) is 16.7. The van der Waals surface area contributed by atoms with E-state index in [-0.39, 0.29) is 35.3 Å². The second-order valence-corrected chi connectivity index (χ2v) is 9.92. The highest BCUT2D eigenvalue weighted by atomic mass is 32.2. The predicted octanol–water partition coefficient (Wildman–Crippen LogP) is 3.92. The van der Waals surface area contributed by atoms with Crippen LogP contribution in [0.3, 0.4) is 0 Å². The summed E-state index contributed by atoms with van der Waals surface area (Å²) in [5.41, 5.74) is 4.92. The molecule has 0 atom stereocenters. The number of fused-ring (bicyclic) bond motifs is 1. The quantitative estimate of drug-likeness (QED) is 0.462. The highest BCUT2D eigenvalue weighted by molar-refractivity contribution is 7.89. The molecule has 1 aliphatic rings. The second-order valence-electron chi connectivity index (χ2n) is 8.43. The first-order chi connectivity index (χ1) is 17.6. The van der Waals surface area contributed by atoms with E-state index in [0.29, 0.717) is 16.7 Å². The first-order valence-corrected chi connectivity index (χ1v) is 12.8. The zero-order chi connectivity index (χ0) is 26.7. The van der Waals surface area contributed by atoms with Gasteiger partial charge in [-0.15, -0.1) is 0 Å². The maximum Gasteiger partial charge on any atom is 0.245 e. The number of carbonyl (C=O) groups excluding carboxylic acids is 1. The number of ether oxygens (including phenoxy) is 2. The Morgan fingerprint density at radius 2 is 1.78 bits per heavy atom. The normalized spacial score (nSPS) is 14.0. The number of hydrogen-bond donors (Lipinski definition) is 2. The Hall–Kier alpha value is -4.02. The number of pyridine rings is 1. The van der Waals surface area contributed by atoms with Crippen LogP contribution in [0.1, 0.15) is 35.7 Å². The van der Waals surface area contributed by atoms with Crippen LogP contribution in [0.4, 0.5) is 4.39 Å². The molecule has 0 radical (unpaired) electrons. The number of benzene rings is 2. The van der Waals surface area contributed by atoms with E-state index in [0.717, 1.165) is 22.4 Å². The zero-order valence-electron chi connectivity index (χ0n) is 20.5. The van der Waals surface area contributed by atoms with Crippen molar-refractivity contribution in [1.29, 1.82) is 0 Å². The van der Waals surface area contributed by atoms with E-state index in [4.69, 9.17) is 14.6 Å². The molecular weight excluding hydrogens is 497 g/mol. The number of aromatic nitrogens is 1. The van der Waals surface area contributed by atoms with E-state index in [1.54, 1.807) is 18.3 Å². The average molecular weight is 524 g/mol. The van der Waals surface area contributed by atoms with Crippen molar-refractivity contribution in [3.8, 4) is 11.5 Å². The molecule has 192 valence electrons. The minimum Gasteiger partial charge on any atom is -0.495 e. The van der Waals surface area contributed by atoms with Gasteiger partial charge in [-0.1, -0.05) is 12.1 Å². The van der Waals surface area contributed by atoms with Crippen LogP contribution in [0.5, 0.6) is 11.5 Å². The molecule has 1 aliphatic carbocycles. The van der Waals surface area contributed by atoms with E-state index >= 15 is 0 Å². The summed E-state index contributed by atoms with van der Waals surface area (Å²) in [6, 6.07) is 12.9. The fourth-order valence-corrected chi connectivity index (χ4v) is 5.17. The molecule has 10 heteroatoms. The number of nitrogens with two attached hydrogens (primary N) is 1.